The Labute approximate surface area is 140 Å². The van der Waals surface area contributed by atoms with Gasteiger partial charge in [0, 0.05) is 12.0 Å². The molecule has 122 valence electrons. The monoisotopic (exact) mass is 321 g/mol. The van der Waals surface area contributed by atoms with Gasteiger partial charge in [0.05, 0.1) is 12.0 Å². The average molecular weight is 321 g/mol. The quantitative estimate of drug-likeness (QED) is 0.643. The Kier molecular flexibility index (Phi) is 3.48. The van der Waals surface area contributed by atoms with E-state index in [2.05, 4.69) is 0 Å². The molecule has 2 aromatic rings. The van der Waals surface area contributed by atoms with Crippen LogP contribution in [0.15, 0.2) is 42.5 Å². The van der Waals surface area contributed by atoms with Gasteiger partial charge < -0.3 is 0 Å². The maximum absolute atomic E-state index is 12.7. The molecule has 1 saturated heterocycles. The molecule has 0 N–H and O–H groups in total. The van der Waals surface area contributed by atoms with Gasteiger partial charge >= 0.3 is 0 Å². The molecule has 4 rings (SSSR count). The van der Waals surface area contributed by atoms with Crippen molar-refractivity contribution < 1.29 is 14.4 Å². The first-order chi connectivity index (χ1) is 11.6. The molecular weight excluding hydrogens is 302 g/mol. The van der Waals surface area contributed by atoms with Gasteiger partial charge in [0.1, 0.15) is 0 Å². The van der Waals surface area contributed by atoms with E-state index in [1.807, 2.05) is 36.4 Å². The second kappa shape index (κ2) is 5.55. The third-order valence-electron chi connectivity index (χ3n) is 5.42. The van der Waals surface area contributed by atoms with Crippen molar-refractivity contribution in [3.05, 3.63) is 48.0 Å². The average Bonchev–Trinajstić information content (AvgIpc) is 3.15. The Balaban J connectivity index is 1.56. The number of carbonyl (C=O) groups is 3. The molecule has 1 spiro atoms. The Morgan fingerprint density at radius 3 is 2.46 bits per heavy atom. The van der Waals surface area contributed by atoms with Crippen LogP contribution in [0.5, 0.6) is 0 Å². The SMILES string of the molecule is O=C(CN1C(=O)CC2(CCCC2)C1=O)c1ccc2ccccc2c1. The number of imide groups is 1. The molecule has 24 heavy (non-hydrogen) atoms. The molecule has 0 aromatic heterocycles. The van der Waals surface area contributed by atoms with Gasteiger partial charge in [-0.2, -0.15) is 0 Å². The number of hydrogen-bond donors (Lipinski definition) is 0. The molecule has 2 aliphatic rings. The fraction of sp³-hybridized carbons (Fsp3) is 0.350. The number of Topliss-reactive ketones (excluding diaryl/α,β-unsaturated/α-hetero) is 1. The number of carbonyl (C=O) groups excluding carboxylic acids is 3. The van der Waals surface area contributed by atoms with Crippen LogP contribution in [0, 0.1) is 5.41 Å². The first kappa shape index (κ1) is 15.1. The van der Waals surface area contributed by atoms with Crippen LogP contribution in [0.4, 0.5) is 0 Å². The standard InChI is InChI=1S/C20H19NO3/c22-17(16-8-7-14-5-1-2-6-15(14)11-16)13-21-18(23)12-20(19(21)24)9-3-4-10-20/h1-2,5-8,11H,3-4,9-10,12-13H2. The number of rotatable bonds is 3. The van der Waals surface area contributed by atoms with Gasteiger partial charge in [-0.1, -0.05) is 49.2 Å². The molecule has 0 unspecified atom stereocenters. The van der Waals surface area contributed by atoms with Gasteiger partial charge in [-0.05, 0) is 29.7 Å². The predicted octanol–water partition coefficient (Wildman–Crippen LogP) is 3.34. The zero-order valence-electron chi connectivity index (χ0n) is 13.5. The molecule has 1 aliphatic carbocycles. The van der Waals surface area contributed by atoms with Crippen LogP contribution >= 0.6 is 0 Å². The van der Waals surface area contributed by atoms with Crippen LogP contribution in [0.3, 0.4) is 0 Å². The number of ketones is 1. The summed E-state index contributed by atoms with van der Waals surface area (Å²) in [5, 5.41) is 2.04. The van der Waals surface area contributed by atoms with Gasteiger partial charge in [0.25, 0.3) is 0 Å². The third-order valence-corrected chi connectivity index (χ3v) is 5.42. The van der Waals surface area contributed by atoms with Crippen molar-refractivity contribution in [3.8, 4) is 0 Å². The Morgan fingerprint density at radius 1 is 1.00 bits per heavy atom. The van der Waals surface area contributed by atoms with E-state index in [1.54, 1.807) is 6.07 Å². The molecule has 4 heteroatoms. The minimum absolute atomic E-state index is 0.140. The fourth-order valence-corrected chi connectivity index (χ4v) is 4.06. The fourth-order valence-electron chi connectivity index (χ4n) is 4.06. The summed E-state index contributed by atoms with van der Waals surface area (Å²) >= 11 is 0. The van der Waals surface area contributed by atoms with E-state index >= 15 is 0 Å². The number of amides is 2. The lowest BCUT2D eigenvalue weighted by atomic mass is 9.84. The largest absolute Gasteiger partial charge is 0.292 e. The summed E-state index contributed by atoms with van der Waals surface area (Å²) in [6.45, 7) is -0.141. The van der Waals surface area contributed by atoms with Crippen molar-refractivity contribution >= 4 is 28.4 Å². The maximum Gasteiger partial charge on any atom is 0.236 e. The minimum Gasteiger partial charge on any atom is -0.292 e. The maximum atomic E-state index is 12.7. The van der Waals surface area contributed by atoms with Gasteiger partial charge in [-0.3, -0.25) is 19.3 Å². The molecule has 4 nitrogen and oxygen atoms in total. The van der Waals surface area contributed by atoms with Gasteiger partial charge in [0.15, 0.2) is 5.78 Å². The van der Waals surface area contributed by atoms with Crippen LogP contribution in [0.25, 0.3) is 10.8 Å². The number of nitrogens with zero attached hydrogens (tertiary/aromatic N) is 1. The normalized spacial score (nSPS) is 19.6. The molecule has 1 heterocycles. The molecule has 1 saturated carbocycles. The number of benzene rings is 2. The van der Waals surface area contributed by atoms with Crippen LogP contribution in [-0.2, 0) is 9.59 Å². The van der Waals surface area contributed by atoms with E-state index in [4.69, 9.17) is 0 Å². The second-order valence-electron chi connectivity index (χ2n) is 6.93. The lowest BCUT2D eigenvalue weighted by Crippen LogP contribution is -2.38. The smallest absolute Gasteiger partial charge is 0.236 e. The second-order valence-corrected chi connectivity index (χ2v) is 6.93. The highest BCUT2D eigenvalue weighted by Gasteiger charge is 2.52. The summed E-state index contributed by atoms with van der Waals surface area (Å²) in [5.41, 5.74) is 0.0301. The van der Waals surface area contributed by atoms with E-state index in [9.17, 15) is 14.4 Å². The van der Waals surface area contributed by atoms with Crippen LogP contribution in [0.1, 0.15) is 42.5 Å². The minimum atomic E-state index is -0.513. The van der Waals surface area contributed by atoms with Gasteiger partial charge in [0.2, 0.25) is 11.8 Å². The van der Waals surface area contributed by atoms with Crippen molar-refractivity contribution in [2.24, 2.45) is 5.41 Å². The molecule has 2 fully saturated rings. The predicted molar refractivity (Wildman–Crippen MR) is 90.5 cm³/mol. The molecule has 0 radical (unpaired) electrons. The summed E-state index contributed by atoms with van der Waals surface area (Å²) in [4.78, 5) is 38.7. The highest BCUT2D eigenvalue weighted by molar-refractivity contribution is 6.11. The molecule has 2 amide bonds. The van der Waals surface area contributed by atoms with Crippen molar-refractivity contribution in [1.82, 2.24) is 4.90 Å². The highest BCUT2D eigenvalue weighted by Crippen LogP contribution is 2.46. The van der Waals surface area contributed by atoms with E-state index in [0.29, 0.717) is 5.56 Å². The number of fused-ring (bicyclic) bond motifs is 1. The highest BCUT2D eigenvalue weighted by atomic mass is 16.2. The topological polar surface area (TPSA) is 54.5 Å². The Bertz CT molecular complexity index is 849. The molecule has 2 aromatic carbocycles. The first-order valence-corrected chi connectivity index (χ1v) is 8.46. The van der Waals surface area contributed by atoms with Crippen molar-refractivity contribution in [1.29, 1.82) is 0 Å². The van der Waals surface area contributed by atoms with Crippen LogP contribution < -0.4 is 0 Å². The summed E-state index contributed by atoms with van der Waals surface area (Å²) in [6.07, 6.45) is 3.81. The number of hydrogen-bond acceptors (Lipinski definition) is 3. The molecule has 1 aliphatic heterocycles. The van der Waals surface area contributed by atoms with Gasteiger partial charge in [-0.15, -0.1) is 0 Å². The zero-order valence-corrected chi connectivity index (χ0v) is 13.5. The third kappa shape index (κ3) is 2.33. The van der Waals surface area contributed by atoms with Crippen molar-refractivity contribution in [2.45, 2.75) is 32.1 Å². The van der Waals surface area contributed by atoms with E-state index in [0.717, 1.165) is 36.5 Å². The van der Waals surface area contributed by atoms with E-state index in [1.165, 1.54) is 4.90 Å². The molecule has 0 bridgehead atoms. The summed E-state index contributed by atoms with van der Waals surface area (Å²) < 4.78 is 0. The molecule has 0 atom stereocenters. The number of likely N-dealkylation sites (tertiary alicyclic amines) is 1. The molecular formula is C20H19NO3. The summed E-state index contributed by atoms with van der Waals surface area (Å²) in [6, 6.07) is 13.3. The lowest BCUT2D eigenvalue weighted by Gasteiger charge is -2.20. The van der Waals surface area contributed by atoms with E-state index in [-0.39, 0.29) is 30.6 Å². The Hall–Kier alpha value is -2.49. The first-order valence-electron chi connectivity index (χ1n) is 8.46. The summed E-state index contributed by atoms with van der Waals surface area (Å²) in [5.74, 6) is -0.521. The Morgan fingerprint density at radius 2 is 1.71 bits per heavy atom. The van der Waals surface area contributed by atoms with Crippen LogP contribution in [0.2, 0.25) is 0 Å². The van der Waals surface area contributed by atoms with Crippen molar-refractivity contribution in [2.75, 3.05) is 6.54 Å². The van der Waals surface area contributed by atoms with Crippen LogP contribution in [-0.4, -0.2) is 29.0 Å². The summed E-state index contributed by atoms with van der Waals surface area (Å²) in [7, 11) is 0. The zero-order chi connectivity index (χ0) is 16.7. The van der Waals surface area contributed by atoms with Gasteiger partial charge in [-0.25, -0.2) is 0 Å². The van der Waals surface area contributed by atoms with E-state index < -0.39 is 5.41 Å². The lowest BCUT2D eigenvalue weighted by molar-refractivity contribution is -0.140. The van der Waals surface area contributed by atoms with Crippen molar-refractivity contribution in [3.63, 3.8) is 0 Å².